The number of nitrogens with zero attached hydrogens (tertiary/aromatic N) is 1. The van der Waals surface area contributed by atoms with E-state index in [1.807, 2.05) is 17.0 Å². The van der Waals surface area contributed by atoms with Gasteiger partial charge in [0.25, 0.3) is 0 Å². The Kier molecular flexibility index (Phi) is 5.63. The molecule has 5 heteroatoms. The lowest BCUT2D eigenvalue weighted by molar-refractivity contribution is -0.138. The smallest absolute Gasteiger partial charge is 0.245 e. The van der Waals surface area contributed by atoms with E-state index in [1.54, 1.807) is 6.92 Å². The Labute approximate surface area is 132 Å². The molecule has 2 unspecified atom stereocenters. The van der Waals surface area contributed by atoms with E-state index in [-0.39, 0.29) is 17.9 Å². The van der Waals surface area contributed by atoms with E-state index in [2.05, 4.69) is 12.2 Å². The van der Waals surface area contributed by atoms with Gasteiger partial charge in [-0.2, -0.15) is 0 Å². The average molecular weight is 306 g/mol. The van der Waals surface area contributed by atoms with Crippen LogP contribution in [0.2, 0.25) is 0 Å². The molecule has 1 N–H and O–H groups in total. The molecule has 0 aromatic carbocycles. The highest BCUT2D eigenvalue weighted by Gasteiger charge is 2.31. The zero-order chi connectivity index (χ0) is 16.1. The van der Waals surface area contributed by atoms with Gasteiger partial charge in [-0.25, -0.2) is 0 Å². The third-order valence-electron chi connectivity index (χ3n) is 4.19. The van der Waals surface area contributed by atoms with E-state index >= 15 is 0 Å². The number of carbonyl (C=O) groups excluding carboxylic acids is 2. The molecule has 1 aliphatic heterocycles. The summed E-state index contributed by atoms with van der Waals surface area (Å²) in [4.78, 5) is 25.8. The molecular weight excluding hydrogens is 280 g/mol. The van der Waals surface area contributed by atoms with Crippen LogP contribution in [-0.4, -0.2) is 29.3 Å². The van der Waals surface area contributed by atoms with Crippen LogP contribution in [0, 0.1) is 0 Å². The molecule has 0 aliphatic carbocycles. The molecule has 0 saturated carbocycles. The fraction of sp³-hybridized carbons (Fsp3) is 0.647. The Hall–Kier alpha value is -1.78. The van der Waals surface area contributed by atoms with Gasteiger partial charge in [-0.1, -0.05) is 19.8 Å². The van der Waals surface area contributed by atoms with Crippen molar-refractivity contribution in [3.05, 3.63) is 23.7 Å². The summed E-state index contributed by atoms with van der Waals surface area (Å²) in [5, 5.41) is 2.69. The van der Waals surface area contributed by atoms with Crippen LogP contribution in [0.25, 0.3) is 0 Å². The largest absolute Gasteiger partial charge is 0.464 e. The molecular formula is C17H26N2O3. The minimum atomic E-state index is -0.501. The van der Waals surface area contributed by atoms with Gasteiger partial charge in [-0.05, 0) is 31.9 Å². The fourth-order valence-corrected chi connectivity index (χ4v) is 3.05. The van der Waals surface area contributed by atoms with Crippen LogP contribution in [0.3, 0.4) is 0 Å². The molecule has 0 spiro atoms. The summed E-state index contributed by atoms with van der Waals surface area (Å²) in [6, 6.07) is 3.45. The van der Waals surface area contributed by atoms with Crippen molar-refractivity contribution >= 4 is 11.8 Å². The lowest BCUT2D eigenvalue weighted by atomic mass is 10.1. The van der Waals surface area contributed by atoms with Crippen molar-refractivity contribution in [3.8, 4) is 0 Å². The van der Waals surface area contributed by atoms with Gasteiger partial charge in [-0.15, -0.1) is 0 Å². The minimum Gasteiger partial charge on any atom is -0.464 e. The zero-order valence-corrected chi connectivity index (χ0v) is 13.7. The van der Waals surface area contributed by atoms with Crippen molar-refractivity contribution in [2.24, 2.45) is 0 Å². The molecule has 0 radical (unpaired) electrons. The number of carbonyl (C=O) groups is 2. The van der Waals surface area contributed by atoms with E-state index in [4.69, 9.17) is 4.42 Å². The third kappa shape index (κ3) is 3.90. The quantitative estimate of drug-likeness (QED) is 0.930. The van der Waals surface area contributed by atoms with Crippen molar-refractivity contribution in [2.75, 3.05) is 6.54 Å². The molecule has 22 heavy (non-hydrogen) atoms. The molecule has 1 aromatic heterocycles. The standard InChI is InChI=1S/C17H26N2O3/c1-4-14-9-10-16(22-14)15-8-6-5-7-11-19(15)17(21)12(2)18-13(3)20/h9-10,12,15H,4-8,11H2,1-3H3,(H,18,20). The molecule has 1 aromatic rings. The molecule has 122 valence electrons. The number of nitrogens with one attached hydrogen (secondary N) is 1. The monoisotopic (exact) mass is 306 g/mol. The first-order valence-corrected chi connectivity index (χ1v) is 8.19. The maximum atomic E-state index is 12.7. The lowest BCUT2D eigenvalue weighted by Crippen LogP contribution is -2.47. The number of hydrogen-bond acceptors (Lipinski definition) is 3. The normalized spacial score (nSPS) is 20.3. The van der Waals surface area contributed by atoms with E-state index in [0.29, 0.717) is 0 Å². The number of hydrogen-bond donors (Lipinski definition) is 1. The molecule has 0 bridgehead atoms. The first kappa shape index (κ1) is 16.6. The summed E-state index contributed by atoms with van der Waals surface area (Å²) < 4.78 is 5.89. The molecule has 5 nitrogen and oxygen atoms in total. The van der Waals surface area contributed by atoms with Gasteiger partial charge in [0.2, 0.25) is 11.8 Å². The van der Waals surface area contributed by atoms with Gasteiger partial charge in [0, 0.05) is 19.9 Å². The van der Waals surface area contributed by atoms with Crippen LogP contribution in [0.5, 0.6) is 0 Å². The Balaban J connectivity index is 2.19. The molecule has 1 aliphatic rings. The van der Waals surface area contributed by atoms with Gasteiger partial charge < -0.3 is 14.6 Å². The highest BCUT2D eigenvalue weighted by Crippen LogP contribution is 2.31. The second-order valence-corrected chi connectivity index (χ2v) is 5.98. The van der Waals surface area contributed by atoms with Gasteiger partial charge in [0.15, 0.2) is 0 Å². The molecule has 2 amide bonds. The number of aryl methyl sites for hydroxylation is 1. The van der Waals surface area contributed by atoms with Gasteiger partial charge in [-0.3, -0.25) is 9.59 Å². The topological polar surface area (TPSA) is 62.6 Å². The Bertz CT molecular complexity index is 524. The number of likely N-dealkylation sites (tertiary alicyclic amines) is 1. The van der Waals surface area contributed by atoms with Crippen LogP contribution < -0.4 is 5.32 Å². The van der Waals surface area contributed by atoms with Crippen LogP contribution >= 0.6 is 0 Å². The summed E-state index contributed by atoms with van der Waals surface area (Å²) in [5.74, 6) is 1.60. The van der Waals surface area contributed by atoms with E-state index < -0.39 is 6.04 Å². The van der Waals surface area contributed by atoms with E-state index in [1.165, 1.54) is 6.92 Å². The average Bonchev–Trinajstić information content (AvgIpc) is 2.82. The van der Waals surface area contributed by atoms with Crippen molar-refractivity contribution in [3.63, 3.8) is 0 Å². The molecule has 1 fully saturated rings. The SMILES string of the molecule is CCc1ccc(C2CCCCCN2C(=O)C(C)NC(C)=O)o1. The van der Waals surface area contributed by atoms with Gasteiger partial charge in [0.05, 0.1) is 6.04 Å². The van der Waals surface area contributed by atoms with Crippen molar-refractivity contribution in [1.29, 1.82) is 0 Å². The maximum absolute atomic E-state index is 12.7. The second kappa shape index (κ2) is 7.47. The van der Waals surface area contributed by atoms with Crippen LogP contribution in [0.15, 0.2) is 16.5 Å². The Morgan fingerprint density at radius 3 is 2.77 bits per heavy atom. The fourth-order valence-electron chi connectivity index (χ4n) is 3.05. The first-order chi connectivity index (χ1) is 10.5. The summed E-state index contributed by atoms with van der Waals surface area (Å²) in [6.45, 7) is 5.95. The van der Waals surface area contributed by atoms with E-state index in [0.717, 1.165) is 50.2 Å². The van der Waals surface area contributed by atoms with Crippen LogP contribution in [0.1, 0.15) is 64.0 Å². The molecule has 1 saturated heterocycles. The maximum Gasteiger partial charge on any atom is 0.245 e. The molecule has 2 heterocycles. The van der Waals surface area contributed by atoms with Gasteiger partial charge >= 0.3 is 0 Å². The zero-order valence-electron chi connectivity index (χ0n) is 13.7. The van der Waals surface area contributed by atoms with Crippen LogP contribution in [-0.2, 0) is 16.0 Å². The molecule has 2 atom stereocenters. The number of furan rings is 1. The van der Waals surface area contributed by atoms with Crippen molar-refractivity contribution in [1.82, 2.24) is 10.2 Å². The number of rotatable bonds is 4. The summed E-state index contributed by atoms with van der Waals surface area (Å²) in [7, 11) is 0. The van der Waals surface area contributed by atoms with Gasteiger partial charge in [0.1, 0.15) is 17.6 Å². The summed E-state index contributed by atoms with van der Waals surface area (Å²) in [6.07, 6.45) is 4.97. The molecule has 2 rings (SSSR count). The summed E-state index contributed by atoms with van der Waals surface area (Å²) >= 11 is 0. The summed E-state index contributed by atoms with van der Waals surface area (Å²) in [5.41, 5.74) is 0. The lowest BCUT2D eigenvalue weighted by Gasteiger charge is -2.31. The van der Waals surface area contributed by atoms with Crippen LogP contribution in [0.4, 0.5) is 0 Å². The van der Waals surface area contributed by atoms with E-state index in [9.17, 15) is 9.59 Å². The first-order valence-electron chi connectivity index (χ1n) is 8.19. The predicted molar refractivity (Wildman–Crippen MR) is 84.3 cm³/mol. The Morgan fingerprint density at radius 2 is 2.14 bits per heavy atom. The predicted octanol–water partition coefficient (Wildman–Crippen LogP) is 2.81. The minimum absolute atomic E-state index is 0.0218. The third-order valence-corrected chi connectivity index (χ3v) is 4.19. The second-order valence-electron chi connectivity index (χ2n) is 5.98. The van der Waals surface area contributed by atoms with Crippen molar-refractivity contribution < 1.29 is 14.0 Å². The number of amides is 2. The highest BCUT2D eigenvalue weighted by molar-refractivity contribution is 5.86. The highest BCUT2D eigenvalue weighted by atomic mass is 16.3. The Morgan fingerprint density at radius 1 is 1.36 bits per heavy atom. The van der Waals surface area contributed by atoms with Crippen molar-refractivity contribution in [2.45, 2.75) is 65.0 Å².